The van der Waals surface area contributed by atoms with Crippen LogP contribution in [0.4, 0.5) is 11.5 Å². The van der Waals surface area contributed by atoms with Crippen molar-refractivity contribution in [2.75, 3.05) is 30.3 Å². The van der Waals surface area contributed by atoms with Crippen molar-refractivity contribution in [3.8, 4) is 0 Å². The van der Waals surface area contributed by atoms with Crippen molar-refractivity contribution in [3.05, 3.63) is 17.8 Å². The molecule has 0 radical (unpaired) electrons. The summed E-state index contributed by atoms with van der Waals surface area (Å²) in [5.74, 6) is 0.260. The zero-order chi connectivity index (χ0) is 13.5. The quantitative estimate of drug-likeness (QED) is 0.784. The summed E-state index contributed by atoms with van der Waals surface area (Å²) in [4.78, 5) is 18.1. The molecule has 0 atom stereocenters. The molecule has 1 aromatic heterocycles. The van der Waals surface area contributed by atoms with Crippen LogP contribution in [-0.2, 0) is 4.74 Å². The Bertz CT molecular complexity index is 407. The maximum Gasteiger partial charge on any atom is 0.340 e. The summed E-state index contributed by atoms with van der Waals surface area (Å²) < 4.78 is 4.97. The zero-order valence-corrected chi connectivity index (χ0v) is 11.3. The lowest BCUT2D eigenvalue weighted by atomic mass is 10.2. The van der Waals surface area contributed by atoms with E-state index in [2.05, 4.69) is 16.8 Å². The first-order valence-electron chi connectivity index (χ1n) is 6.32. The van der Waals surface area contributed by atoms with Gasteiger partial charge in [0.05, 0.1) is 17.9 Å². The van der Waals surface area contributed by atoms with E-state index in [9.17, 15) is 4.79 Å². The van der Waals surface area contributed by atoms with Crippen molar-refractivity contribution in [2.24, 2.45) is 0 Å². The predicted octanol–water partition coefficient (Wildman–Crippen LogP) is 2.08. The lowest BCUT2D eigenvalue weighted by Crippen LogP contribution is -2.26. The van der Waals surface area contributed by atoms with Gasteiger partial charge in [-0.1, -0.05) is 6.92 Å². The van der Waals surface area contributed by atoms with Crippen molar-refractivity contribution in [1.29, 1.82) is 0 Å². The van der Waals surface area contributed by atoms with Gasteiger partial charge >= 0.3 is 5.97 Å². The molecule has 0 aliphatic heterocycles. The molecule has 18 heavy (non-hydrogen) atoms. The topological polar surface area (TPSA) is 68.5 Å². The van der Waals surface area contributed by atoms with E-state index >= 15 is 0 Å². The second kappa shape index (κ2) is 6.83. The number of nitrogen functional groups attached to an aromatic ring is 1. The van der Waals surface area contributed by atoms with Gasteiger partial charge in [0.1, 0.15) is 0 Å². The Kier molecular flexibility index (Phi) is 5.42. The molecular formula is C13H21N3O2. The SMILES string of the molecule is CCCN(CC)c1nccc(C(=O)OCC)c1N. The number of aromatic nitrogens is 1. The van der Waals surface area contributed by atoms with Crippen LogP contribution in [0, 0.1) is 0 Å². The predicted molar refractivity (Wildman–Crippen MR) is 72.8 cm³/mol. The van der Waals surface area contributed by atoms with Crippen molar-refractivity contribution in [1.82, 2.24) is 4.98 Å². The molecule has 2 N–H and O–H groups in total. The molecule has 0 unspecified atom stereocenters. The standard InChI is InChI=1S/C13H21N3O2/c1-4-9-16(5-2)12-11(14)10(7-8-15-12)13(17)18-6-3/h7-8H,4-6,9,14H2,1-3H3. The number of ether oxygens (including phenoxy) is 1. The highest BCUT2D eigenvalue weighted by molar-refractivity contribution is 5.97. The van der Waals surface area contributed by atoms with Gasteiger partial charge in [0.25, 0.3) is 0 Å². The molecule has 0 saturated heterocycles. The Labute approximate surface area is 108 Å². The second-order valence-corrected chi connectivity index (χ2v) is 3.90. The number of carbonyl (C=O) groups is 1. The largest absolute Gasteiger partial charge is 0.462 e. The first-order chi connectivity index (χ1) is 8.65. The average molecular weight is 251 g/mol. The van der Waals surface area contributed by atoms with Gasteiger partial charge in [-0.25, -0.2) is 9.78 Å². The summed E-state index contributed by atoms with van der Waals surface area (Å²) in [5, 5.41) is 0. The normalized spacial score (nSPS) is 10.2. The minimum absolute atomic E-state index is 0.336. The van der Waals surface area contributed by atoms with Crippen molar-refractivity contribution in [2.45, 2.75) is 27.2 Å². The molecule has 1 aromatic rings. The summed E-state index contributed by atoms with van der Waals surface area (Å²) >= 11 is 0. The smallest absolute Gasteiger partial charge is 0.340 e. The van der Waals surface area contributed by atoms with Crippen LogP contribution in [0.15, 0.2) is 12.3 Å². The van der Waals surface area contributed by atoms with E-state index in [0.29, 0.717) is 23.7 Å². The molecule has 0 saturated carbocycles. The van der Waals surface area contributed by atoms with Gasteiger partial charge in [-0.3, -0.25) is 0 Å². The second-order valence-electron chi connectivity index (χ2n) is 3.90. The molecule has 100 valence electrons. The first kappa shape index (κ1) is 14.3. The maximum atomic E-state index is 11.7. The monoisotopic (exact) mass is 251 g/mol. The zero-order valence-electron chi connectivity index (χ0n) is 11.3. The fourth-order valence-corrected chi connectivity index (χ4v) is 1.78. The summed E-state index contributed by atoms with van der Waals surface area (Å²) in [6.45, 7) is 7.90. The van der Waals surface area contributed by atoms with E-state index in [1.807, 2.05) is 6.92 Å². The molecule has 0 bridgehead atoms. The molecule has 0 amide bonds. The van der Waals surface area contributed by atoms with E-state index < -0.39 is 5.97 Å². The number of pyridine rings is 1. The molecule has 0 aliphatic rings. The van der Waals surface area contributed by atoms with Gasteiger partial charge in [-0.2, -0.15) is 0 Å². The minimum Gasteiger partial charge on any atom is -0.462 e. The Balaban J connectivity index is 3.07. The van der Waals surface area contributed by atoms with Crippen molar-refractivity contribution >= 4 is 17.5 Å². The first-order valence-corrected chi connectivity index (χ1v) is 6.32. The number of hydrogen-bond donors (Lipinski definition) is 1. The molecule has 5 heteroatoms. The number of carbonyl (C=O) groups excluding carboxylic acids is 1. The Hall–Kier alpha value is -1.78. The van der Waals surface area contributed by atoms with Crippen LogP contribution in [0.5, 0.6) is 0 Å². The third-order valence-corrected chi connectivity index (χ3v) is 2.64. The summed E-state index contributed by atoms with van der Waals surface area (Å²) in [6.07, 6.45) is 2.59. The third-order valence-electron chi connectivity index (χ3n) is 2.64. The molecule has 5 nitrogen and oxygen atoms in total. The van der Waals surface area contributed by atoms with Gasteiger partial charge in [0.15, 0.2) is 5.82 Å². The van der Waals surface area contributed by atoms with E-state index in [1.165, 1.54) is 0 Å². The number of rotatable bonds is 6. The molecule has 0 spiro atoms. The summed E-state index contributed by atoms with van der Waals surface area (Å²) in [5.41, 5.74) is 6.80. The van der Waals surface area contributed by atoms with Crippen molar-refractivity contribution in [3.63, 3.8) is 0 Å². The summed E-state index contributed by atoms with van der Waals surface area (Å²) in [7, 11) is 0. The molecule has 0 aliphatic carbocycles. The van der Waals surface area contributed by atoms with Gasteiger partial charge in [0, 0.05) is 19.3 Å². The van der Waals surface area contributed by atoms with Crippen molar-refractivity contribution < 1.29 is 9.53 Å². The fourth-order valence-electron chi connectivity index (χ4n) is 1.78. The molecule has 1 rings (SSSR count). The van der Waals surface area contributed by atoms with Crippen LogP contribution in [0.1, 0.15) is 37.6 Å². The highest BCUT2D eigenvalue weighted by Gasteiger charge is 2.17. The van der Waals surface area contributed by atoms with E-state index in [0.717, 1.165) is 19.5 Å². The van der Waals surface area contributed by atoms with E-state index in [-0.39, 0.29) is 0 Å². The van der Waals surface area contributed by atoms with Crippen LogP contribution in [0.25, 0.3) is 0 Å². The average Bonchev–Trinajstić information content (AvgIpc) is 2.37. The van der Waals surface area contributed by atoms with Gasteiger partial charge in [0.2, 0.25) is 0 Å². The van der Waals surface area contributed by atoms with Crippen LogP contribution in [0.3, 0.4) is 0 Å². The Morgan fingerprint density at radius 1 is 1.44 bits per heavy atom. The number of anilines is 2. The number of hydrogen-bond acceptors (Lipinski definition) is 5. The lowest BCUT2D eigenvalue weighted by molar-refractivity contribution is 0.0527. The van der Waals surface area contributed by atoms with E-state index in [1.54, 1.807) is 19.2 Å². The Morgan fingerprint density at radius 3 is 2.72 bits per heavy atom. The number of esters is 1. The van der Waals surface area contributed by atoms with Gasteiger partial charge in [-0.15, -0.1) is 0 Å². The van der Waals surface area contributed by atoms with Crippen LogP contribution >= 0.6 is 0 Å². The van der Waals surface area contributed by atoms with E-state index in [4.69, 9.17) is 10.5 Å². The fraction of sp³-hybridized carbons (Fsp3) is 0.538. The molecule has 0 aromatic carbocycles. The molecular weight excluding hydrogens is 230 g/mol. The lowest BCUT2D eigenvalue weighted by Gasteiger charge is -2.23. The highest BCUT2D eigenvalue weighted by atomic mass is 16.5. The Morgan fingerprint density at radius 2 is 2.17 bits per heavy atom. The molecule has 1 heterocycles. The van der Waals surface area contributed by atoms with Gasteiger partial charge in [-0.05, 0) is 26.3 Å². The van der Waals surface area contributed by atoms with Gasteiger partial charge < -0.3 is 15.4 Å². The molecule has 0 fully saturated rings. The van der Waals surface area contributed by atoms with Crippen LogP contribution < -0.4 is 10.6 Å². The third kappa shape index (κ3) is 3.12. The summed E-state index contributed by atoms with van der Waals surface area (Å²) in [6, 6.07) is 1.59. The van der Waals surface area contributed by atoms with Crippen LogP contribution in [0.2, 0.25) is 0 Å². The highest BCUT2D eigenvalue weighted by Crippen LogP contribution is 2.24. The van der Waals surface area contributed by atoms with Crippen LogP contribution in [-0.4, -0.2) is 30.6 Å². The minimum atomic E-state index is -0.397. The number of nitrogens with zero attached hydrogens (tertiary/aromatic N) is 2. The number of nitrogens with two attached hydrogens (primary N) is 1. The maximum absolute atomic E-state index is 11.7.